The van der Waals surface area contributed by atoms with Crippen LogP contribution >= 0.6 is 15.9 Å². The maximum atomic E-state index is 12.1. The molecule has 1 aromatic carbocycles. The number of fused-ring (bicyclic) bond motifs is 1. The Hall–Kier alpha value is -1.07. The van der Waals surface area contributed by atoms with Crippen molar-refractivity contribution >= 4 is 43.5 Å². The molecule has 106 valence electrons. The minimum Gasteiger partial charge on any atom is -0.246 e. The van der Waals surface area contributed by atoms with E-state index in [1.807, 2.05) is 58.0 Å². The predicted octanol–water partition coefficient (Wildman–Crippen LogP) is 4.27. The molecule has 0 saturated heterocycles. The van der Waals surface area contributed by atoms with Gasteiger partial charge < -0.3 is 0 Å². The van der Waals surface area contributed by atoms with Gasteiger partial charge in [0.25, 0.3) is 0 Å². The fourth-order valence-corrected chi connectivity index (χ4v) is 2.57. The summed E-state index contributed by atoms with van der Waals surface area (Å²) in [4.78, 5) is 4.58. The van der Waals surface area contributed by atoms with E-state index in [1.165, 1.54) is 0 Å². The number of halogens is 1. The second-order valence-electron chi connectivity index (χ2n) is 5.57. The zero-order valence-electron chi connectivity index (χ0n) is 12.0. The van der Waals surface area contributed by atoms with Crippen LogP contribution in [0.3, 0.4) is 0 Å². The Morgan fingerprint density at radius 1 is 1.25 bits per heavy atom. The second kappa shape index (κ2) is 5.74. The molecule has 0 aliphatic rings. The van der Waals surface area contributed by atoms with E-state index in [-0.39, 0.29) is 4.75 Å². The Morgan fingerprint density at radius 3 is 2.55 bits per heavy atom. The van der Waals surface area contributed by atoms with Crippen molar-refractivity contribution in [1.29, 1.82) is 0 Å². The second-order valence-corrected chi connectivity index (χ2v) is 8.39. The number of aromatic nitrogens is 1. The van der Waals surface area contributed by atoms with Gasteiger partial charge >= 0.3 is 0 Å². The Morgan fingerprint density at radius 2 is 1.90 bits per heavy atom. The first-order valence-electron chi connectivity index (χ1n) is 6.31. The van der Waals surface area contributed by atoms with Crippen LogP contribution in [0.5, 0.6) is 0 Å². The molecular weight excluding hydrogens is 336 g/mol. The molecule has 3 nitrogen and oxygen atoms in total. The summed E-state index contributed by atoms with van der Waals surface area (Å²) in [6.07, 6.45) is 0. The van der Waals surface area contributed by atoms with Gasteiger partial charge in [-0.1, -0.05) is 28.1 Å². The average molecular weight is 353 g/mol. The topological polar surface area (TPSA) is 42.3 Å². The molecule has 20 heavy (non-hydrogen) atoms. The summed E-state index contributed by atoms with van der Waals surface area (Å²) in [5.74, 6) is 0. The monoisotopic (exact) mass is 352 g/mol. The maximum Gasteiger partial charge on any atom is 0.145 e. The lowest BCUT2D eigenvalue weighted by molar-refractivity contribution is 0.650. The first kappa shape index (κ1) is 15.3. The van der Waals surface area contributed by atoms with Gasteiger partial charge in [-0.2, -0.15) is 4.40 Å². The molecule has 2 rings (SSSR count). The molecule has 0 N–H and O–H groups in total. The molecule has 5 heteroatoms. The molecule has 1 heterocycles. The van der Waals surface area contributed by atoms with Gasteiger partial charge in [-0.15, -0.1) is 0 Å². The van der Waals surface area contributed by atoms with E-state index in [0.717, 1.165) is 21.1 Å². The Labute approximate surface area is 130 Å². The van der Waals surface area contributed by atoms with Crippen LogP contribution in [0.2, 0.25) is 0 Å². The van der Waals surface area contributed by atoms with Gasteiger partial charge in [0.2, 0.25) is 0 Å². The van der Waals surface area contributed by atoms with Crippen LogP contribution in [0.1, 0.15) is 33.4 Å². The summed E-state index contributed by atoms with van der Waals surface area (Å²) >= 11 is 3.44. The molecule has 0 aliphatic heterocycles. The van der Waals surface area contributed by atoms with Crippen LogP contribution in [0.25, 0.3) is 10.9 Å². The zero-order valence-corrected chi connectivity index (χ0v) is 14.4. The fraction of sp³-hybridized carbons (Fsp3) is 0.333. The Balaban J connectivity index is 2.42. The zero-order chi connectivity index (χ0) is 14.9. The first-order valence-corrected chi connectivity index (χ1v) is 8.21. The third-order valence-electron chi connectivity index (χ3n) is 2.77. The summed E-state index contributed by atoms with van der Waals surface area (Å²) in [7, 11) is -1.27. The lowest BCUT2D eigenvalue weighted by atomic mass is 10.2. The van der Waals surface area contributed by atoms with Crippen molar-refractivity contribution in [2.45, 2.75) is 32.4 Å². The van der Waals surface area contributed by atoms with E-state index in [1.54, 1.807) is 0 Å². The number of rotatable bonds is 2. The summed E-state index contributed by atoms with van der Waals surface area (Å²) in [5.41, 5.74) is 2.35. The summed E-state index contributed by atoms with van der Waals surface area (Å²) in [5, 5.41) is 1.07. The molecule has 0 aliphatic carbocycles. The van der Waals surface area contributed by atoms with E-state index in [0.29, 0.717) is 5.71 Å². The minimum atomic E-state index is -1.27. The van der Waals surface area contributed by atoms with Crippen molar-refractivity contribution in [2.75, 3.05) is 0 Å². The van der Waals surface area contributed by atoms with Crippen LogP contribution in [0, 0.1) is 0 Å². The van der Waals surface area contributed by atoms with E-state index < -0.39 is 11.0 Å². The van der Waals surface area contributed by atoms with Crippen LogP contribution in [-0.2, 0) is 11.0 Å². The first-order chi connectivity index (χ1) is 9.27. The number of hydrogen-bond donors (Lipinski definition) is 0. The average Bonchev–Trinajstić information content (AvgIpc) is 2.36. The highest BCUT2D eigenvalue weighted by atomic mass is 79.9. The molecule has 0 amide bonds. The van der Waals surface area contributed by atoms with Gasteiger partial charge in [0.1, 0.15) is 11.0 Å². The number of nitrogens with zero attached hydrogens (tertiary/aromatic N) is 2. The van der Waals surface area contributed by atoms with Crippen LogP contribution < -0.4 is 0 Å². The number of pyridine rings is 1. The van der Waals surface area contributed by atoms with Crippen molar-refractivity contribution in [1.82, 2.24) is 4.98 Å². The molecule has 0 fully saturated rings. The van der Waals surface area contributed by atoms with Gasteiger partial charge in [-0.3, -0.25) is 0 Å². The quantitative estimate of drug-likeness (QED) is 0.757. The Bertz CT molecular complexity index is 705. The van der Waals surface area contributed by atoms with Gasteiger partial charge in [-0.05, 0) is 45.9 Å². The third kappa shape index (κ3) is 3.52. The highest BCUT2D eigenvalue weighted by Crippen LogP contribution is 2.19. The molecule has 1 aromatic heterocycles. The molecule has 0 bridgehead atoms. The van der Waals surface area contributed by atoms with Crippen molar-refractivity contribution < 1.29 is 4.21 Å². The van der Waals surface area contributed by atoms with Crippen LogP contribution in [0.4, 0.5) is 0 Å². The highest BCUT2D eigenvalue weighted by Gasteiger charge is 2.19. The SMILES string of the molecule is CC(=N[S@@](=O)C(C)(C)C)c1ccc2ccc(Br)cc2n1. The highest BCUT2D eigenvalue weighted by molar-refractivity contribution is 9.10. The van der Waals surface area contributed by atoms with Crippen molar-refractivity contribution in [3.05, 3.63) is 40.5 Å². The van der Waals surface area contributed by atoms with Gasteiger partial charge in [0, 0.05) is 9.86 Å². The van der Waals surface area contributed by atoms with E-state index in [9.17, 15) is 4.21 Å². The summed E-state index contributed by atoms with van der Waals surface area (Å²) < 4.78 is 16.9. The largest absolute Gasteiger partial charge is 0.246 e. The van der Waals surface area contributed by atoms with E-state index in [4.69, 9.17) is 0 Å². The van der Waals surface area contributed by atoms with Crippen LogP contribution in [-0.4, -0.2) is 19.7 Å². The van der Waals surface area contributed by atoms with Gasteiger partial charge in [-0.25, -0.2) is 9.19 Å². The minimum absolute atomic E-state index is 0.360. The van der Waals surface area contributed by atoms with Crippen molar-refractivity contribution in [2.24, 2.45) is 4.40 Å². The molecule has 2 aromatic rings. The molecule has 0 spiro atoms. The van der Waals surface area contributed by atoms with Crippen molar-refractivity contribution in [3.63, 3.8) is 0 Å². The van der Waals surface area contributed by atoms with Crippen molar-refractivity contribution in [3.8, 4) is 0 Å². The Kier molecular flexibility index (Phi) is 4.39. The maximum absolute atomic E-state index is 12.1. The molecular formula is C15H17BrN2OS. The van der Waals surface area contributed by atoms with Gasteiger partial charge in [0.15, 0.2) is 0 Å². The fourth-order valence-electron chi connectivity index (χ4n) is 1.60. The number of hydrogen-bond acceptors (Lipinski definition) is 2. The standard InChI is InChI=1S/C15H17BrN2OS/c1-10(18-20(19)15(2,3)4)13-8-6-11-5-7-12(16)9-14(11)17-13/h5-9H,1-4H3/t20-/m0/s1. The van der Waals surface area contributed by atoms with E-state index in [2.05, 4.69) is 25.3 Å². The lowest BCUT2D eigenvalue weighted by Gasteiger charge is -2.14. The van der Waals surface area contributed by atoms with Crippen LogP contribution in [0.15, 0.2) is 39.2 Å². The normalized spacial score (nSPS) is 14.6. The number of benzene rings is 1. The molecule has 0 saturated carbocycles. The summed E-state index contributed by atoms with van der Waals surface area (Å²) in [6.45, 7) is 7.57. The lowest BCUT2D eigenvalue weighted by Crippen LogP contribution is -2.20. The summed E-state index contributed by atoms with van der Waals surface area (Å²) in [6, 6.07) is 9.88. The van der Waals surface area contributed by atoms with Gasteiger partial charge in [0.05, 0.1) is 21.7 Å². The molecule has 0 unspecified atom stereocenters. The smallest absolute Gasteiger partial charge is 0.145 e. The van der Waals surface area contributed by atoms with E-state index >= 15 is 0 Å². The molecule has 0 radical (unpaired) electrons. The third-order valence-corrected chi connectivity index (χ3v) is 4.75. The molecule has 1 atom stereocenters. The predicted molar refractivity (Wildman–Crippen MR) is 89.5 cm³/mol.